The summed E-state index contributed by atoms with van der Waals surface area (Å²) in [6.45, 7) is 5.18. The summed E-state index contributed by atoms with van der Waals surface area (Å²) in [4.78, 5) is 45.9. The van der Waals surface area contributed by atoms with E-state index in [2.05, 4.69) is 21.7 Å². The maximum atomic E-state index is 13.7. The number of nitrogens with zero attached hydrogens (tertiary/aromatic N) is 3. The van der Waals surface area contributed by atoms with Crippen LogP contribution in [-0.4, -0.2) is 57.9 Å². The first-order valence-corrected chi connectivity index (χ1v) is 13.1. The maximum absolute atomic E-state index is 13.7. The Morgan fingerprint density at radius 1 is 1.16 bits per heavy atom. The predicted octanol–water partition coefficient (Wildman–Crippen LogP) is 3.45. The zero-order valence-electron chi connectivity index (χ0n) is 22.0. The number of hydrogen-bond acceptors (Lipinski definition) is 5. The molecule has 37 heavy (non-hydrogen) atoms. The minimum atomic E-state index is -1.12. The highest BCUT2D eigenvalue weighted by Gasteiger charge is 2.48. The van der Waals surface area contributed by atoms with Crippen molar-refractivity contribution in [3.8, 4) is 5.75 Å². The van der Waals surface area contributed by atoms with Crippen LogP contribution >= 0.6 is 0 Å². The lowest BCUT2D eigenvalue weighted by atomic mass is 9.93. The quantitative estimate of drug-likeness (QED) is 0.479. The molecule has 9 heteroatoms. The Labute approximate surface area is 218 Å². The van der Waals surface area contributed by atoms with Crippen LogP contribution in [0.3, 0.4) is 0 Å². The molecule has 1 aromatic heterocycles. The zero-order chi connectivity index (χ0) is 26.4. The number of nitrogens with one attached hydrogen (secondary N) is 2. The van der Waals surface area contributed by atoms with Crippen molar-refractivity contribution in [2.45, 2.75) is 71.0 Å². The van der Waals surface area contributed by atoms with E-state index < -0.39 is 5.54 Å². The molecule has 3 amide bonds. The Morgan fingerprint density at radius 2 is 1.95 bits per heavy atom. The third-order valence-electron chi connectivity index (χ3n) is 7.24. The molecular weight excluding hydrogens is 470 g/mol. The van der Waals surface area contributed by atoms with Crippen LogP contribution in [0.4, 0.5) is 0 Å². The highest BCUT2D eigenvalue weighted by atomic mass is 16.5. The summed E-state index contributed by atoms with van der Waals surface area (Å²) in [7, 11) is 1.61. The molecule has 2 aliphatic rings. The smallest absolute Gasteiger partial charge is 0.273 e. The van der Waals surface area contributed by atoms with Gasteiger partial charge < -0.3 is 24.8 Å². The SMILES string of the molecule is CCCN1C(=O)c2c(C(=O)NCCC3=CCCCC3)ncn2C[C@@]1(C)C(=O)NCc1ccc(OC)cc1. The van der Waals surface area contributed by atoms with Gasteiger partial charge in [-0.1, -0.05) is 30.7 Å². The molecule has 9 nitrogen and oxygen atoms in total. The van der Waals surface area contributed by atoms with Crippen LogP contribution in [0.25, 0.3) is 0 Å². The summed E-state index contributed by atoms with van der Waals surface area (Å²) < 4.78 is 6.83. The van der Waals surface area contributed by atoms with E-state index in [1.807, 2.05) is 31.2 Å². The number of fused-ring (bicyclic) bond motifs is 1. The first-order valence-electron chi connectivity index (χ1n) is 13.1. The van der Waals surface area contributed by atoms with Crippen molar-refractivity contribution in [3.63, 3.8) is 0 Å². The molecule has 1 aromatic carbocycles. The number of rotatable bonds is 10. The van der Waals surface area contributed by atoms with Crippen LogP contribution < -0.4 is 15.4 Å². The van der Waals surface area contributed by atoms with Crippen LogP contribution in [0.2, 0.25) is 0 Å². The molecule has 2 N–H and O–H groups in total. The van der Waals surface area contributed by atoms with Gasteiger partial charge >= 0.3 is 0 Å². The summed E-state index contributed by atoms with van der Waals surface area (Å²) in [5.74, 6) is -0.223. The highest BCUT2D eigenvalue weighted by Crippen LogP contribution is 2.29. The lowest BCUT2D eigenvalue weighted by Crippen LogP contribution is -2.64. The number of carbonyl (C=O) groups excluding carboxylic acids is 3. The minimum absolute atomic E-state index is 0.115. The standard InChI is InChI=1S/C28H37N5O4/c1-4-16-33-26(35)24-23(25(34)29-15-14-20-8-6-5-7-9-20)31-19-32(24)18-28(33,2)27(36)30-17-21-10-12-22(37-3)13-11-21/h8,10-13,19H,4-7,9,14-18H2,1-3H3,(H,29,34)(H,30,36)/t28-/m0/s1. The molecule has 0 bridgehead atoms. The first kappa shape index (κ1) is 26.4. The second-order valence-corrected chi connectivity index (χ2v) is 9.95. The van der Waals surface area contributed by atoms with Gasteiger partial charge in [0.05, 0.1) is 20.0 Å². The predicted molar refractivity (Wildman–Crippen MR) is 140 cm³/mol. The van der Waals surface area contributed by atoms with Gasteiger partial charge in [0.15, 0.2) is 5.69 Å². The average Bonchev–Trinajstić information content (AvgIpc) is 3.34. The number of allylic oxidation sites excluding steroid dienone is 1. The van der Waals surface area contributed by atoms with E-state index in [0.29, 0.717) is 26.1 Å². The first-order chi connectivity index (χ1) is 17.9. The van der Waals surface area contributed by atoms with Crippen LogP contribution in [0.5, 0.6) is 5.75 Å². The van der Waals surface area contributed by atoms with E-state index in [9.17, 15) is 14.4 Å². The third-order valence-corrected chi connectivity index (χ3v) is 7.24. The molecule has 0 spiro atoms. The van der Waals surface area contributed by atoms with Crippen molar-refractivity contribution < 1.29 is 19.1 Å². The Morgan fingerprint density at radius 3 is 2.62 bits per heavy atom. The highest BCUT2D eigenvalue weighted by molar-refractivity contribution is 6.07. The summed E-state index contributed by atoms with van der Waals surface area (Å²) in [5.41, 5.74) is 1.54. The van der Waals surface area contributed by atoms with E-state index in [-0.39, 0.29) is 35.7 Å². The number of hydrogen-bond donors (Lipinski definition) is 2. The van der Waals surface area contributed by atoms with Crippen LogP contribution in [0, 0.1) is 0 Å². The number of aromatic nitrogens is 2. The number of carbonyl (C=O) groups is 3. The molecular formula is C28H37N5O4. The molecule has 0 fully saturated rings. The molecule has 1 aliphatic carbocycles. The lowest BCUT2D eigenvalue weighted by Gasteiger charge is -2.43. The van der Waals surface area contributed by atoms with Gasteiger partial charge in [0, 0.05) is 19.6 Å². The van der Waals surface area contributed by atoms with Crippen molar-refractivity contribution in [2.75, 3.05) is 20.2 Å². The topological polar surface area (TPSA) is 106 Å². The number of benzene rings is 1. The van der Waals surface area contributed by atoms with Gasteiger partial charge in [0.25, 0.3) is 11.8 Å². The molecule has 0 unspecified atom stereocenters. The van der Waals surface area contributed by atoms with Gasteiger partial charge in [-0.25, -0.2) is 4.98 Å². The molecule has 198 valence electrons. The number of ether oxygens (including phenoxy) is 1. The van der Waals surface area contributed by atoms with Crippen LogP contribution in [0.15, 0.2) is 42.2 Å². The normalized spacial score (nSPS) is 19.2. The Kier molecular flexibility index (Phi) is 8.31. The van der Waals surface area contributed by atoms with Crippen molar-refractivity contribution >= 4 is 17.7 Å². The van der Waals surface area contributed by atoms with E-state index in [0.717, 1.165) is 30.6 Å². The van der Waals surface area contributed by atoms with Gasteiger partial charge in [0.1, 0.15) is 17.0 Å². The fraction of sp³-hybridized carbons (Fsp3) is 0.500. The lowest BCUT2D eigenvalue weighted by molar-refractivity contribution is -0.133. The largest absolute Gasteiger partial charge is 0.497 e. The van der Waals surface area contributed by atoms with Crippen molar-refractivity contribution in [1.29, 1.82) is 0 Å². The van der Waals surface area contributed by atoms with Crippen molar-refractivity contribution in [2.24, 2.45) is 0 Å². The van der Waals surface area contributed by atoms with Gasteiger partial charge in [-0.2, -0.15) is 0 Å². The number of imidazole rings is 1. The van der Waals surface area contributed by atoms with Crippen LogP contribution in [0.1, 0.15) is 78.9 Å². The van der Waals surface area contributed by atoms with Crippen molar-refractivity contribution in [1.82, 2.24) is 25.1 Å². The van der Waals surface area contributed by atoms with E-state index in [1.54, 1.807) is 23.5 Å². The fourth-order valence-electron chi connectivity index (χ4n) is 5.10. The Balaban J connectivity index is 1.47. The minimum Gasteiger partial charge on any atom is -0.497 e. The van der Waals surface area contributed by atoms with E-state index in [1.165, 1.54) is 24.7 Å². The molecule has 4 rings (SSSR count). The van der Waals surface area contributed by atoms with E-state index >= 15 is 0 Å². The molecule has 2 aromatic rings. The molecule has 2 heterocycles. The second kappa shape index (κ2) is 11.6. The summed E-state index contributed by atoms with van der Waals surface area (Å²) >= 11 is 0. The number of amides is 3. The van der Waals surface area contributed by atoms with Gasteiger partial charge in [0.2, 0.25) is 5.91 Å². The van der Waals surface area contributed by atoms with Crippen molar-refractivity contribution in [3.05, 3.63) is 59.2 Å². The van der Waals surface area contributed by atoms with Gasteiger partial charge in [-0.15, -0.1) is 0 Å². The Bertz CT molecular complexity index is 1170. The monoisotopic (exact) mass is 507 g/mol. The third kappa shape index (κ3) is 5.70. The van der Waals surface area contributed by atoms with Crippen LogP contribution in [-0.2, 0) is 17.9 Å². The van der Waals surface area contributed by atoms with Gasteiger partial charge in [-0.05, 0) is 63.1 Å². The molecule has 1 aliphatic heterocycles. The maximum Gasteiger partial charge on any atom is 0.273 e. The molecule has 1 atom stereocenters. The average molecular weight is 508 g/mol. The van der Waals surface area contributed by atoms with Gasteiger partial charge in [-0.3, -0.25) is 14.4 Å². The molecule has 0 saturated carbocycles. The zero-order valence-corrected chi connectivity index (χ0v) is 22.0. The Hall–Kier alpha value is -3.62. The summed E-state index contributed by atoms with van der Waals surface area (Å²) in [6.07, 6.45) is 9.85. The molecule has 0 saturated heterocycles. The second-order valence-electron chi connectivity index (χ2n) is 9.95. The fourth-order valence-corrected chi connectivity index (χ4v) is 5.10. The van der Waals surface area contributed by atoms with E-state index in [4.69, 9.17) is 4.74 Å². The summed E-state index contributed by atoms with van der Waals surface area (Å²) in [6, 6.07) is 7.46. The summed E-state index contributed by atoms with van der Waals surface area (Å²) in [5, 5.41) is 5.91. The molecule has 0 radical (unpaired) electrons. The number of methoxy groups -OCH3 is 1.